The summed E-state index contributed by atoms with van der Waals surface area (Å²) < 4.78 is 70.4. The van der Waals surface area contributed by atoms with E-state index in [-0.39, 0.29) is 55.2 Å². The smallest absolute Gasteiger partial charge is 0.282 e. The van der Waals surface area contributed by atoms with E-state index in [1.807, 2.05) is 22.9 Å². The van der Waals surface area contributed by atoms with Gasteiger partial charge in [0.1, 0.15) is 5.82 Å². The topological polar surface area (TPSA) is 86.1 Å². The first kappa shape index (κ1) is 31.7. The highest BCUT2D eigenvalue weighted by Crippen LogP contribution is 2.52. The summed E-state index contributed by atoms with van der Waals surface area (Å²) in [6.45, 7) is 4.39. The Morgan fingerprint density at radius 3 is 2.49 bits per heavy atom. The molecule has 0 aromatic heterocycles. The second kappa shape index (κ2) is 12.5. The second-order valence-electron chi connectivity index (χ2n) is 10.8. The van der Waals surface area contributed by atoms with Crippen LogP contribution in [0.5, 0.6) is 0 Å². The zero-order valence-corrected chi connectivity index (χ0v) is 26.5. The maximum atomic E-state index is 16.1. The van der Waals surface area contributed by atoms with Crippen LogP contribution in [0.25, 0.3) is 16.8 Å². The third kappa shape index (κ3) is 5.67. The Kier molecular flexibility index (Phi) is 8.78. The van der Waals surface area contributed by atoms with Crippen LogP contribution in [0.3, 0.4) is 0 Å². The van der Waals surface area contributed by atoms with Crippen molar-refractivity contribution in [3.8, 4) is 11.1 Å². The highest BCUT2D eigenvalue weighted by atomic mass is 35.5. The van der Waals surface area contributed by atoms with Crippen molar-refractivity contribution in [2.45, 2.75) is 12.3 Å². The molecule has 0 saturated carbocycles. The summed E-state index contributed by atoms with van der Waals surface area (Å²) in [7, 11) is 4.60. The number of hydrogen-bond donors (Lipinski definition) is 3. The third-order valence-electron chi connectivity index (χ3n) is 8.16. The Morgan fingerprint density at radius 2 is 1.87 bits per heavy atom. The third-order valence-corrected chi connectivity index (χ3v) is 10.1. The van der Waals surface area contributed by atoms with Crippen LogP contribution in [0.15, 0.2) is 65.1 Å². The van der Waals surface area contributed by atoms with Gasteiger partial charge in [-0.25, -0.2) is 17.6 Å². The molecule has 4 aliphatic rings. The number of carbonyl (C=O) groups excluding carboxylic acids is 1. The predicted molar refractivity (Wildman–Crippen MR) is 170 cm³/mol. The molecule has 45 heavy (non-hydrogen) atoms. The molecule has 0 bridgehead atoms. The maximum Gasteiger partial charge on any atom is 0.282 e. The fraction of sp³-hybridized carbons (Fsp3) is 0.300. The number of nitrogens with two attached hydrogens (primary N) is 1. The molecule has 15 heteroatoms. The molecule has 4 aliphatic heterocycles. The number of amides is 1. The molecule has 1 saturated heterocycles. The van der Waals surface area contributed by atoms with E-state index in [9.17, 15) is 9.18 Å². The van der Waals surface area contributed by atoms with E-state index in [0.29, 0.717) is 17.0 Å². The molecule has 1 fully saturated rings. The van der Waals surface area contributed by atoms with Crippen molar-refractivity contribution < 1.29 is 27.1 Å². The molecule has 238 valence electrons. The predicted octanol–water partition coefficient (Wildman–Crippen LogP) is 5.78. The van der Waals surface area contributed by atoms with Crippen LogP contribution < -0.4 is 15.8 Å². The van der Waals surface area contributed by atoms with Crippen molar-refractivity contribution in [2.24, 2.45) is 5.73 Å². The van der Waals surface area contributed by atoms with Gasteiger partial charge in [0.25, 0.3) is 5.91 Å². The maximum absolute atomic E-state index is 16.1. The molecule has 2 aromatic carbocycles. The average molecular weight is 681 g/mol. The first-order chi connectivity index (χ1) is 21.5. The lowest BCUT2D eigenvalue weighted by molar-refractivity contribution is -0.129. The number of halogens is 5. The van der Waals surface area contributed by atoms with E-state index in [2.05, 4.69) is 16.6 Å². The van der Waals surface area contributed by atoms with Crippen LogP contribution in [-0.2, 0) is 9.53 Å². The Hall–Kier alpha value is -3.30. The zero-order valence-electron chi connectivity index (χ0n) is 24.1. The molecule has 0 radical (unpaired) electrons. The van der Waals surface area contributed by atoms with Crippen LogP contribution in [-0.4, -0.2) is 72.8 Å². The molecule has 8 nitrogen and oxygen atoms in total. The average Bonchev–Trinajstić information content (AvgIpc) is 3.71. The normalized spacial score (nSPS) is 21.4. The number of anilines is 1. The van der Waals surface area contributed by atoms with E-state index in [0.717, 1.165) is 18.7 Å². The molecular weight excluding hydrogens is 652 g/mol. The van der Waals surface area contributed by atoms with Gasteiger partial charge in [-0.05, 0) is 23.3 Å². The van der Waals surface area contributed by atoms with E-state index < -0.39 is 40.1 Å². The fourth-order valence-corrected chi connectivity index (χ4v) is 7.71. The number of rotatable bonds is 7. The first-order valence-electron chi connectivity index (χ1n) is 14.0. The molecule has 2 aromatic rings. The SMILES string of the molecule is C=C(F)C(=O)N1CCN(C2=C(C3=CSSN3)C(N)(OCC3=CCCN3C)Nc3c(F)c(F)c(Cl)c(-c4ccccc4F)c32)CC1. The lowest BCUT2D eigenvalue weighted by Crippen LogP contribution is -2.58. The first-order valence-corrected chi connectivity index (χ1v) is 16.6. The minimum absolute atomic E-state index is 0.0401. The minimum Gasteiger partial charge on any atom is -0.376 e. The molecule has 1 atom stereocenters. The summed E-state index contributed by atoms with van der Waals surface area (Å²) in [4.78, 5) is 17.5. The van der Waals surface area contributed by atoms with Gasteiger partial charge in [-0.1, -0.05) is 42.5 Å². The lowest BCUT2D eigenvalue weighted by Gasteiger charge is -2.46. The van der Waals surface area contributed by atoms with Gasteiger partial charge in [0.2, 0.25) is 5.85 Å². The fourth-order valence-electron chi connectivity index (χ4n) is 5.89. The number of nitrogens with zero attached hydrogens (tertiary/aromatic N) is 3. The van der Waals surface area contributed by atoms with Crippen LogP contribution in [0.1, 0.15) is 12.0 Å². The quantitative estimate of drug-likeness (QED) is 0.0842. The minimum atomic E-state index is -1.93. The van der Waals surface area contributed by atoms with Crippen molar-refractivity contribution in [2.75, 3.05) is 51.7 Å². The summed E-state index contributed by atoms with van der Waals surface area (Å²) in [6, 6.07) is 5.67. The molecule has 0 spiro atoms. The van der Waals surface area contributed by atoms with Crippen molar-refractivity contribution in [3.63, 3.8) is 0 Å². The summed E-state index contributed by atoms with van der Waals surface area (Å²) >= 11 is 6.52. The van der Waals surface area contributed by atoms with Crippen molar-refractivity contribution in [1.82, 2.24) is 19.4 Å². The van der Waals surface area contributed by atoms with E-state index in [1.54, 1.807) is 11.5 Å². The van der Waals surface area contributed by atoms with Crippen molar-refractivity contribution in [1.29, 1.82) is 0 Å². The molecule has 1 amide bonds. The van der Waals surface area contributed by atoms with Crippen molar-refractivity contribution >= 4 is 50.7 Å². The summed E-state index contributed by atoms with van der Waals surface area (Å²) in [5.41, 5.74) is 8.61. The number of nitrogens with one attached hydrogen (secondary N) is 2. The molecule has 6 rings (SSSR count). The van der Waals surface area contributed by atoms with E-state index in [1.165, 1.54) is 44.9 Å². The van der Waals surface area contributed by atoms with Crippen LogP contribution in [0.4, 0.5) is 23.2 Å². The number of likely N-dealkylation sites (N-methyl/N-ethyl adjacent to an activating group) is 1. The Bertz CT molecular complexity index is 1680. The van der Waals surface area contributed by atoms with E-state index in [4.69, 9.17) is 22.1 Å². The molecule has 0 aliphatic carbocycles. The number of carbonyl (C=O) groups is 1. The molecular formula is C30H29ClF4N6O2S2. The number of benzene rings is 2. The van der Waals surface area contributed by atoms with Crippen molar-refractivity contribution in [3.05, 3.63) is 93.2 Å². The monoisotopic (exact) mass is 680 g/mol. The van der Waals surface area contributed by atoms with Crippen LogP contribution >= 0.6 is 33.4 Å². The van der Waals surface area contributed by atoms with Gasteiger partial charge in [-0.3, -0.25) is 10.5 Å². The highest BCUT2D eigenvalue weighted by molar-refractivity contribution is 8.77. The largest absolute Gasteiger partial charge is 0.376 e. The Morgan fingerprint density at radius 1 is 1.13 bits per heavy atom. The number of hydrogen-bond acceptors (Lipinski definition) is 9. The van der Waals surface area contributed by atoms with Gasteiger partial charge in [-0.2, -0.15) is 0 Å². The number of ether oxygens (including phenoxy) is 1. The summed E-state index contributed by atoms with van der Waals surface area (Å²) in [5.74, 6) is -7.25. The van der Waals surface area contributed by atoms with E-state index >= 15 is 13.2 Å². The summed E-state index contributed by atoms with van der Waals surface area (Å²) in [5, 5.41) is 4.11. The second-order valence-corrected chi connectivity index (χ2v) is 13.1. The molecule has 1 unspecified atom stereocenters. The van der Waals surface area contributed by atoms with Crippen LogP contribution in [0.2, 0.25) is 5.02 Å². The highest BCUT2D eigenvalue weighted by Gasteiger charge is 2.47. The molecule has 4 N–H and O–H groups in total. The Balaban J connectivity index is 1.60. The number of piperazine rings is 1. The number of fused-ring (bicyclic) bond motifs is 1. The molecule has 4 heterocycles. The van der Waals surface area contributed by atoms with Crippen LogP contribution in [0, 0.1) is 17.5 Å². The Labute approximate surface area is 270 Å². The standard InChI is InChI=1S/C30H29ClF4N6O2S2/c1-16(32)29(42)41-12-10-40(11-13-41)28-22-21(18-7-3-4-8-19(18)33)24(31)25(34)26(35)27(22)37-30(36,23(28)20-15-44-45-38-20)43-14-17-6-5-9-39(17)2/h3-4,6-8,15,37-38H,1,5,9-14,36H2,2H3. The van der Waals surface area contributed by atoms with Gasteiger partial charge in [0, 0.05) is 78.5 Å². The van der Waals surface area contributed by atoms with Gasteiger partial charge in [0.15, 0.2) is 17.5 Å². The van der Waals surface area contributed by atoms with Gasteiger partial charge in [-0.15, -0.1) is 0 Å². The van der Waals surface area contributed by atoms with Gasteiger partial charge in [0.05, 0.1) is 34.3 Å². The lowest BCUT2D eigenvalue weighted by atomic mass is 9.86. The van der Waals surface area contributed by atoms with Gasteiger partial charge >= 0.3 is 0 Å². The van der Waals surface area contributed by atoms with Gasteiger partial charge < -0.3 is 29.5 Å². The summed E-state index contributed by atoms with van der Waals surface area (Å²) in [6.07, 6.45) is 2.82. The zero-order chi connectivity index (χ0) is 32.0.